The Morgan fingerprint density at radius 1 is 1.19 bits per heavy atom. The van der Waals surface area contributed by atoms with Crippen molar-refractivity contribution in [2.75, 3.05) is 18.4 Å². The maximum atomic E-state index is 12.5. The van der Waals surface area contributed by atoms with Gasteiger partial charge in [-0.15, -0.1) is 0 Å². The van der Waals surface area contributed by atoms with Crippen LogP contribution < -0.4 is 5.32 Å². The molecule has 1 aliphatic heterocycles. The standard InChI is InChI=1S/C21H22N4O/c26-21(24-19-7-3-9-22-14-19)25-10-4-5-16(15-25)11-17-12-18-6-1-2-8-20(18)23-13-17/h1-3,6-9,12-14,16H,4-5,10-11,15H2,(H,24,26). The number of hydrogen-bond donors (Lipinski definition) is 1. The first-order valence-electron chi connectivity index (χ1n) is 9.07. The molecule has 2 aromatic heterocycles. The van der Waals surface area contributed by atoms with E-state index in [4.69, 9.17) is 0 Å². The highest BCUT2D eigenvalue weighted by molar-refractivity contribution is 5.89. The lowest BCUT2D eigenvalue weighted by Gasteiger charge is -2.32. The van der Waals surface area contributed by atoms with E-state index in [1.165, 1.54) is 10.9 Å². The van der Waals surface area contributed by atoms with Gasteiger partial charge in [0.15, 0.2) is 0 Å². The summed E-state index contributed by atoms with van der Waals surface area (Å²) in [5.41, 5.74) is 3.00. The number of fused-ring (bicyclic) bond motifs is 1. The van der Waals surface area contributed by atoms with Gasteiger partial charge in [-0.2, -0.15) is 0 Å². The van der Waals surface area contributed by atoms with Crippen LogP contribution in [0.3, 0.4) is 0 Å². The van der Waals surface area contributed by atoms with Crippen molar-refractivity contribution in [2.45, 2.75) is 19.3 Å². The second kappa shape index (κ2) is 7.52. The molecule has 4 rings (SSSR count). The molecule has 0 saturated carbocycles. The number of amides is 2. The first-order valence-corrected chi connectivity index (χ1v) is 9.07. The maximum Gasteiger partial charge on any atom is 0.321 e. The molecule has 1 unspecified atom stereocenters. The number of rotatable bonds is 3. The number of anilines is 1. The third-order valence-electron chi connectivity index (χ3n) is 4.89. The van der Waals surface area contributed by atoms with Crippen molar-refractivity contribution in [1.82, 2.24) is 14.9 Å². The molecular formula is C21H22N4O. The number of nitrogens with zero attached hydrogens (tertiary/aromatic N) is 3. The van der Waals surface area contributed by atoms with E-state index in [9.17, 15) is 4.79 Å². The Morgan fingerprint density at radius 2 is 2.12 bits per heavy atom. The topological polar surface area (TPSA) is 58.1 Å². The summed E-state index contributed by atoms with van der Waals surface area (Å²) in [4.78, 5) is 23.0. The highest BCUT2D eigenvalue weighted by Gasteiger charge is 2.24. The normalized spacial score (nSPS) is 17.2. The molecular weight excluding hydrogens is 324 g/mol. The maximum absolute atomic E-state index is 12.5. The van der Waals surface area contributed by atoms with Gasteiger partial charge in [-0.3, -0.25) is 9.97 Å². The van der Waals surface area contributed by atoms with Crippen molar-refractivity contribution in [2.24, 2.45) is 5.92 Å². The van der Waals surface area contributed by atoms with Gasteiger partial charge in [-0.05, 0) is 55.0 Å². The number of benzene rings is 1. The Hall–Kier alpha value is -2.95. The van der Waals surface area contributed by atoms with Crippen LogP contribution >= 0.6 is 0 Å². The number of piperidine rings is 1. The van der Waals surface area contributed by atoms with Gasteiger partial charge in [0, 0.05) is 30.9 Å². The summed E-state index contributed by atoms with van der Waals surface area (Å²) >= 11 is 0. The minimum absolute atomic E-state index is 0.0423. The Kier molecular flexibility index (Phi) is 4.78. The van der Waals surface area contributed by atoms with Crippen LogP contribution in [-0.2, 0) is 6.42 Å². The van der Waals surface area contributed by atoms with Gasteiger partial charge in [0.2, 0.25) is 0 Å². The molecule has 5 nitrogen and oxygen atoms in total. The predicted molar refractivity (Wildman–Crippen MR) is 103 cm³/mol. The van der Waals surface area contributed by atoms with Gasteiger partial charge in [0.05, 0.1) is 17.4 Å². The molecule has 5 heteroatoms. The monoisotopic (exact) mass is 346 g/mol. The zero-order valence-corrected chi connectivity index (χ0v) is 14.6. The predicted octanol–water partition coefficient (Wildman–Crippen LogP) is 4.12. The summed E-state index contributed by atoms with van der Waals surface area (Å²) in [6, 6.07) is 14.0. The van der Waals surface area contributed by atoms with Gasteiger partial charge >= 0.3 is 6.03 Å². The van der Waals surface area contributed by atoms with Crippen LogP contribution in [0, 0.1) is 5.92 Å². The summed E-state index contributed by atoms with van der Waals surface area (Å²) in [6.45, 7) is 1.58. The number of carbonyl (C=O) groups excluding carboxylic acids is 1. The minimum atomic E-state index is -0.0423. The van der Waals surface area contributed by atoms with Crippen molar-refractivity contribution < 1.29 is 4.79 Å². The van der Waals surface area contributed by atoms with Crippen molar-refractivity contribution in [1.29, 1.82) is 0 Å². The second-order valence-electron chi connectivity index (χ2n) is 6.87. The molecule has 1 atom stereocenters. The number of nitrogens with one attached hydrogen (secondary N) is 1. The van der Waals surface area contributed by atoms with Crippen molar-refractivity contribution in [3.8, 4) is 0 Å². The number of urea groups is 1. The number of carbonyl (C=O) groups is 1. The van der Waals surface area contributed by atoms with Crippen LogP contribution in [0.1, 0.15) is 18.4 Å². The lowest BCUT2D eigenvalue weighted by atomic mass is 9.91. The largest absolute Gasteiger partial charge is 0.324 e. The average Bonchev–Trinajstić information content (AvgIpc) is 2.69. The van der Waals surface area contributed by atoms with Gasteiger partial charge in [-0.1, -0.05) is 18.2 Å². The van der Waals surface area contributed by atoms with Crippen LogP contribution in [0.25, 0.3) is 10.9 Å². The van der Waals surface area contributed by atoms with Crippen LogP contribution in [0.4, 0.5) is 10.5 Å². The molecule has 0 bridgehead atoms. The summed E-state index contributed by atoms with van der Waals surface area (Å²) in [5, 5.41) is 4.11. The fourth-order valence-electron chi connectivity index (χ4n) is 3.62. The third kappa shape index (κ3) is 3.82. The van der Waals surface area contributed by atoms with Crippen molar-refractivity contribution in [3.05, 3.63) is 66.6 Å². The Bertz CT molecular complexity index is 897. The average molecular weight is 346 g/mol. The molecule has 26 heavy (non-hydrogen) atoms. The SMILES string of the molecule is O=C(Nc1cccnc1)N1CCCC(Cc2cnc3ccccc3c2)C1. The third-order valence-corrected chi connectivity index (χ3v) is 4.89. The minimum Gasteiger partial charge on any atom is -0.324 e. The van der Waals surface area contributed by atoms with Crippen LogP contribution in [0.2, 0.25) is 0 Å². The van der Waals surface area contributed by atoms with Crippen molar-refractivity contribution in [3.63, 3.8) is 0 Å². The fraction of sp³-hybridized carbons (Fsp3) is 0.286. The Labute approximate surface area is 153 Å². The molecule has 1 aliphatic rings. The Morgan fingerprint density at radius 3 is 3.00 bits per heavy atom. The van der Waals surface area contributed by atoms with E-state index in [0.717, 1.165) is 43.6 Å². The van der Waals surface area contributed by atoms with E-state index in [2.05, 4.69) is 27.4 Å². The number of para-hydroxylation sites is 1. The van der Waals surface area contributed by atoms with Gasteiger partial charge in [0.25, 0.3) is 0 Å². The quantitative estimate of drug-likeness (QED) is 0.776. The van der Waals surface area contributed by atoms with Crippen molar-refractivity contribution >= 4 is 22.6 Å². The molecule has 3 heterocycles. The van der Waals surface area contributed by atoms with E-state index in [1.807, 2.05) is 41.4 Å². The van der Waals surface area contributed by atoms with Gasteiger partial charge in [0.1, 0.15) is 0 Å². The Balaban J connectivity index is 1.40. The van der Waals surface area contributed by atoms with E-state index in [1.54, 1.807) is 12.4 Å². The zero-order valence-electron chi connectivity index (χ0n) is 14.6. The number of aromatic nitrogens is 2. The number of hydrogen-bond acceptors (Lipinski definition) is 3. The van der Waals surface area contributed by atoms with E-state index in [0.29, 0.717) is 5.92 Å². The van der Waals surface area contributed by atoms with Crippen LogP contribution in [0.15, 0.2) is 61.1 Å². The molecule has 3 aromatic rings. The number of likely N-dealkylation sites (tertiary alicyclic amines) is 1. The summed E-state index contributed by atoms with van der Waals surface area (Å²) < 4.78 is 0. The lowest BCUT2D eigenvalue weighted by molar-refractivity contribution is 0.177. The van der Waals surface area contributed by atoms with E-state index >= 15 is 0 Å². The highest BCUT2D eigenvalue weighted by atomic mass is 16.2. The molecule has 0 radical (unpaired) electrons. The number of pyridine rings is 2. The van der Waals surface area contributed by atoms with Crippen LogP contribution in [-0.4, -0.2) is 34.0 Å². The molecule has 132 valence electrons. The first kappa shape index (κ1) is 16.5. The first-order chi connectivity index (χ1) is 12.8. The van der Waals surface area contributed by atoms with Gasteiger partial charge in [-0.25, -0.2) is 4.79 Å². The fourth-order valence-corrected chi connectivity index (χ4v) is 3.62. The summed E-state index contributed by atoms with van der Waals surface area (Å²) in [5.74, 6) is 0.464. The molecule has 1 fully saturated rings. The van der Waals surface area contributed by atoms with E-state index in [-0.39, 0.29) is 6.03 Å². The molecule has 2 amide bonds. The molecule has 1 aromatic carbocycles. The van der Waals surface area contributed by atoms with E-state index < -0.39 is 0 Å². The molecule has 0 aliphatic carbocycles. The van der Waals surface area contributed by atoms with Crippen LogP contribution in [0.5, 0.6) is 0 Å². The summed E-state index contributed by atoms with van der Waals surface area (Å²) in [7, 11) is 0. The highest BCUT2D eigenvalue weighted by Crippen LogP contribution is 2.23. The zero-order chi connectivity index (χ0) is 17.8. The summed E-state index contributed by atoms with van der Waals surface area (Å²) in [6.07, 6.45) is 8.46. The lowest BCUT2D eigenvalue weighted by Crippen LogP contribution is -2.42. The molecule has 0 spiro atoms. The second-order valence-corrected chi connectivity index (χ2v) is 6.87. The van der Waals surface area contributed by atoms with Gasteiger partial charge < -0.3 is 10.2 Å². The smallest absolute Gasteiger partial charge is 0.321 e. The molecule has 1 N–H and O–H groups in total. The molecule has 1 saturated heterocycles.